The van der Waals surface area contributed by atoms with Gasteiger partial charge in [-0.2, -0.15) is 0 Å². The van der Waals surface area contributed by atoms with Crippen molar-refractivity contribution in [3.8, 4) is 0 Å². The number of hydrogen-bond donors (Lipinski definition) is 0. The fourth-order valence-electron chi connectivity index (χ4n) is 3.70. The summed E-state index contributed by atoms with van der Waals surface area (Å²) < 4.78 is 50.3. The van der Waals surface area contributed by atoms with Gasteiger partial charge in [-0.15, -0.1) is 0 Å². The summed E-state index contributed by atoms with van der Waals surface area (Å²) in [6, 6.07) is 10.9. The fraction of sp³-hybridized carbons (Fsp3) is 0.300. The Labute approximate surface area is 146 Å². The highest BCUT2D eigenvalue weighted by atomic mass is 32.2. The molecule has 130 valence electrons. The number of halogens is 2. The Morgan fingerprint density at radius 2 is 1.40 bits per heavy atom. The summed E-state index contributed by atoms with van der Waals surface area (Å²) in [6.45, 7) is 0. The van der Waals surface area contributed by atoms with Crippen LogP contribution in [0.15, 0.2) is 47.4 Å². The van der Waals surface area contributed by atoms with Crippen LogP contribution in [0, 0.1) is 17.0 Å². The number of hydrogen-bond acceptors (Lipinski definition) is 2. The topological polar surface area (TPSA) is 34.1 Å². The molecule has 0 bridgehead atoms. The maximum Gasteiger partial charge on any atom is 0.175 e. The summed E-state index contributed by atoms with van der Waals surface area (Å²) in [5.41, 5.74) is 4.08. The van der Waals surface area contributed by atoms with Crippen molar-refractivity contribution in [2.45, 2.75) is 30.6 Å². The highest BCUT2D eigenvalue weighted by molar-refractivity contribution is 7.90. The molecular formula is C20H18F2O2S. The van der Waals surface area contributed by atoms with Crippen molar-refractivity contribution in [2.75, 3.05) is 6.26 Å². The fourth-order valence-corrected chi connectivity index (χ4v) is 4.33. The van der Waals surface area contributed by atoms with Gasteiger partial charge in [-0.25, -0.2) is 17.2 Å². The largest absolute Gasteiger partial charge is 0.224 e. The first-order valence-electron chi connectivity index (χ1n) is 8.25. The lowest BCUT2D eigenvalue weighted by Gasteiger charge is -2.09. The molecule has 0 radical (unpaired) electrons. The van der Waals surface area contributed by atoms with E-state index in [1.54, 1.807) is 18.2 Å². The standard InChI is InChI=1S/C20H18F2O2S/c1-25(23,24)15-5-2-13(3-6-15)16-11-20(8-9-20)12-17(16)14-4-7-18(21)19(22)10-14/h2-7,10H,8-9,11-12H2,1H3. The van der Waals surface area contributed by atoms with Gasteiger partial charge in [0, 0.05) is 6.26 Å². The molecule has 1 saturated carbocycles. The molecule has 0 N–H and O–H groups in total. The Morgan fingerprint density at radius 3 is 1.92 bits per heavy atom. The van der Waals surface area contributed by atoms with Crippen LogP contribution in [-0.2, 0) is 9.84 Å². The number of benzene rings is 2. The summed E-state index contributed by atoms with van der Waals surface area (Å²) in [4.78, 5) is 0.283. The zero-order valence-electron chi connectivity index (χ0n) is 13.9. The lowest BCUT2D eigenvalue weighted by atomic mass is 9.97. The predicted octanol–water partition coefficient (Wildman–Crippen LogP) is 4.85. The lowest BCUT2D eigenvalue weighted by molar-refractivity contribution is 0.508. The van der Waals surface area contributed by atoms with Crippen molar-refractivity contribution in [3.63, 3.8) is 0 Å². The monoisotopic (exact) mass is 360 g/mol. The van der Waals surface area contributed by atoms with Crippen LogP contribution in [-0.4, -0.2) is 14.7 Å². The second-order valence-corrected chi connectivity index (χ2v) is 9.25. The van der Waals surface area contributed by atoms with Crippen LogP contribution in [0.3, 0.4) is 0 Å². The molecule has 25 heavy (non-hydrogen) atoms. The maximum atomic E-state index is 13.7. The summed E-state index contributed by atoms with van der Waals surface area (Å²) in [5, 5.41) is 0. The van der Waals surface area contributed by atoms with Crippen molar-refractivity contribution in [2.24, 2.45) is 5.41 Å². The van der Waals surface area contributed by atoms with Crippen LogP contribution in [0.4, 0.5) is 8.78 Å². The minimum atomic E-state index is -3.24. The SMILES string of the molecule is CS(=O)(=O)c1ccc(C2=C(c3ccc(F)c(F)c3)CC3(CC3)C2)cc1. The van der Waals surface area contributed by atoms with Crippen LogP contribution in [0.5, 0.6) is 0 Å². The molecule has 4 rings (SSSR count). The van der Waals surface area contributed by atoms with Crippen LogP contribution in [0.2, 0.25) is 0 Å². The third-order valence-electron chi connectivity index (χ3n) is 5.32. The average Bonchev–Trinajstić information content (AvgIpc) is 3.20. The molecule has 2 nitrogen and oxygen atoms in total. The maximum absolute atomic E-state index is 13.7. The smallest absolute Gasteiger partial charge is 0.175 e. The Balaban J connectivity index is 1.79. The van der Waals surface area contributed by atoms with Crippen molar-refractivity contribution in [1.29, 1.82) is 0 Å². The van der Waals surface area contributed by atoms with Crippen LogP contribution in [0.1, 0.15) is 36.8 Å². The molecule has 2 aliphatic carbocycles. The normalized spacial score (nSPS) is 18.8. The zero-order chi connectivity index (χ0) is 17.8. The Morgan fingerprint density at radius 1 is 0.840 bits per heavy atom. The zero-order valence-corrected chi connectivity index (χ0v) is 14.7. The van der Waals surface area contributed by atoms with Gasteiger partial charge in [0.2, 0.25) is 0 Å². The summed E-state index contributed by atoms with van der Waals surface area (Å²) in [6.07, 6.45) is 5.24. The van der Waals surface area contributed by atoms with Crippen molar-refractivity contribution in [1.82, 2.24) is 0 Å². The van der Waals surface area contributed by atoms with E-state index in [-0.39, 0.29) is 10.3 Å². The third-order valence-corrected chi connectivity index (χ3v) is 6.45. The van der Waals surface area contributed by atoms with Crippen molar-refractivity contribution < 1.29 is 17.2 Å². The van der Waals surface area contributed by atoms with E-state index in [1.165, 1.54) is 18.4 Å². The van der Waals surface area contributed by atoms with Gasteiger partial charge in [-0.05, 0) is 77.6 Å². The van der Waals surface area contributed by atoms with Gasteiger partial charge in [0.05, 0.1) is 4.90 Å². The number of rotatable bonds is 3. The first kappa shape index (κ1) is 16.5. The van der Waals surface area contributed by atoms with E-state index in [0.29, 0.717) is 5.56 Å². The molecule has 0 aliphatic heterocycles. The Bertz CT molecular complexity index is 985. The Hall–Kier alpha value is -2.01. The minimum absolute atomic E-state index is 0.255. The molecule has 0 saturated heterocycles. The first-order chi connectivity index (χ1) is 11.8. The Kier molecular flexibility index (Phi) is 3.62. The summed E-state index contributed by atoms with van der Waals surface area (Å²) in [7, 11) is -3.24. The molecule has 2 aromatic carbocycles. The second-order valence-electron chi connectivity index (χ2n) is 7.24. The van der Waals surface area contributed by atoms with Gasteiger partial charge in [-0.3, -0.25) is 0 Å². The van der Waals surface area contributed by atoms with Crippen LogP contribution in [0.25, 0.3) is 11.1 Å². The first-order valence-corrected chi connectivity index (χ1v) is 10.1. The van der Waals surface area contributed by atoms with Gasteiger partial charge in [0.25, 0.3) is 0 Å². The quantitative estimate of drug-likeness (QED) is 0.784. The van der Waals surface area contributed by atoms with E-state index >= 15 is 0 Å². The van der Waals surface area contributed by atoms with Crippen LogP contribution >= 0.6 is 0 Å². The van der Waals surface area contributed by atoms with E-state index in [0.717, 1.165) is 42.4 Å². The van der Waals surface area contributed by atoms with E-state index in [2.05, 4.69) is 0 Å². The highest BCUT2D eigenvalue weighted by Gasteiger charge is 2.48. The molecular weight excluding hydrogens is 342 g/mol. The molecule has 0 atom stereocenters. The van der Waals surface area contributed by atoms with Gasteiger partial charge < -0.3 is 0 Å². The lowest BCUT2D eigenvalue weighted by Crippen LogP contribution is -1.97. The van der Waals surface area contributed by atoms with Gasteiger partial charge in [0.15, 0.2) is 21.5 Å². The molecule has 1 fully saturated rings. The van der Waals surface area contributed by atoms with E-state index in [1.807, 2.05) is 12.1 Å². The highest BCUT2D eigenvalue weighted by Crippen LogP contribution is 2.63. The van der Waals surface area contributed by atoms with Gasteiger partial charge in [-0.1, -0.05) is 18.2 Å². The van der Waals surface area contributed by atoms with E-state index in [9.17, 15) is 17.2 Å². The van der Waals surface area contributed by atoms with Gasteiger partial charge in [0.1, 0.15) is 0 Å². The van der Waals surface area contributed by atoms with Crippen molar-refractivity contribution >= 4 is 21.0 Å². The molecule has 0 unspecified atom stereocenters. The minimum Gasteiger partial charge on any atom is -0.224 e. The number of sulfone groups is 1. The van der Waals surface area contributed by atoms with Crippen LogP contribution < -0.4 is 0 Å². The second kappa shape index (κ2) is 5.49. The third kappa shape index (κ3) is 3.01. The van der Waals surface area contributed by atoms with Gasteiger partial charge >= 0.3 is 0 Å². The molecule has 0 amide bonds. The van der Waals surface area contributed by atoms with E-state index < -0.39 is 21.5 Å². The predicted molar refractivity (Wildman–Crippen MR) is 93.6 cm³/mol. The van der Waals surface area contributed by atoms with Crippen molar-refractivity contribution in [3.05, 3.63) is 65.2 Å². The molecule has 5 heteroatoms. The molecule has 0 aromatic heterocycles. The number of allylic oxidation sites excluding steroid dienone is 2. The molecule has 2 aromatic rings. The summed E-state index contributed by atoms with van der Waals surface area (Å²) >= 11 is 0. The molecule has 2 aliphatic rings. The summed E-state index contributed by atoms with van der Waals surface area (Å²) in [5.74, 6) is -1.68. The molecule has 0 heterocycles. The molecule has 1 spiro atoms. The van der Waals surface area contributed by atoms with E-state index in [4.69, 9.17) is 0 Å². The average molecular weight is 360 g/mol.